The molecule has 0 amide bonds. The van der Waals surface area contributed by atoms with E-state index in [2.05, 4.69) is 4.40 Å². The first-order valence-electron chi connectivity index (χ1n) is 8.06. The second-order valence-corrected chi connectivity index (χ2v) is 8.16. The lowest BCUT2D eigenvalue weighted by Gasteiger charge is -2.03. The lowest BCUT2D eigenvalue weighted by molar-refractivity contribution is 0.0601. The van der Waals surface area contributed by atoms with Crippen molar-refractivity contribution in [3.8, 4) is 5.75 Å². The van der Waals surface area contributed by atoms with Gasteiger partial charge in [-0.15, -0.1) is 4.40 Å². The average Bonchev–Trinajstić information content (AvgIpc) is 3.02. The summed E-state index contributed by atoms with van der Waals surface area (Å²) in [6.07, 6.45) is 0. The van der Waals surface area contributed by atoms with Crippen LogP contribution in [-0.2, 0) is 21.3 Å². The highest BCUT2D eigenvalue weighted by Crippen LogP contribution is 2.21. The molecule has 0 aliphatic rings. The zero-order valence-electron chi connectivity index (χ0n) is 15.0. The number of thiazole rings is 1. The Morgan fingerprint density at radius 1 is 1.15 bits per heavy atom. The normalized spacial score (nSPS) is 12.3. The molecule has 2 aromatic carbocycles. The van der Waals surface area contributed by atoms with Crippen LogP contribution >= 0.6 is 11.3 Å². The van der Waals surface area contributed by atoms with E-state index >= 15 is 0 Å². The molecule has 142 valence electrons. The number of sulfonamides is 1. The van der Waals surface area contributed by atoms with Crippen molar-refractivity contribution in [3.63, 3.8) is 0 Å². The van der Waals surface area contributed by atoms with Crippen molar-refractivity contribution in [1.82, 2.24) is 4.57 Å². The van der Waals surface area contributed by atoms with Crippen LogP contribution in [-0.4, -0.2) is 33.2 Å². The number of methoxy groups -OCH3 is 2. The molecule has 7 nitrogen and oxygen atoms in total. The van der Waals surface area contributed by atoms with Gasteiger partial charge in [0.05, 0.1) is 34.9 Å². The first-order valence-corrected chi connectivity index (χ1v) is 10.3. The van der Waals surface area contributed by atoms with Crippen LogP contribution in [0.3, 0.4) is 0 Å². The lowest BCUT2D eigenvalue weighted by Crippen LogP contribution is -2.16. The number of aryl methyl sites for hydroxylation is 1. The molecule has 0 saturated carbocycles. The number of esters is 1. The fraction of sp³-hybridized carbons (Fsp3) is 0.222. The van der Waals surface area contributed by atoms with Crippen molar-refractivity contribution in [2.75, 3.05) is 14.2 Å². The number of ether oxygens (including phenoxy) is 2. The van der Waals surface area contributed by atoms with E-state index in [4.69, 9.17) is 9.47 Å². The van der Waals surface area contributed by atoms with Crippen LogP contribution in [0.15, 0.2) is 51.8 Å². The van der Waals surface area contributed by atoms with Gasteiger partial charge in [0.15, 0.2) is 0 Å². The number of benzene rings is 2. The van der Waals surface area contributed by atoms with Crippen molar-refractivity contribution in [1.29, 1.82) is 0 Å². The van der Waals surface area contributed by atoms with Crippen LogP contribution in [0.25, 0.3) is 10.2 Å². The number of hydrogen-bond donors (Lipinski definition) is 0. The van der Waals surface area contributed by atoms with Crippen molar-refractivity contribution in [3.05, 3.63) is 52.8 Å². The summed E-state index contributed by atoms with van der Waals surface area (Å²) >= 11 is 1.20. The van der Waals surface area contributed by atoms with E-state index in [1.54, 1.807) is 34.9 Å². The third-order valence-corrected chi connectivity index (χ3v) is 6.41. The Labute approximate surface area is 160 Å². The van der Waals surface area contributed by atoms with E-state index in [9.17, 15) is 13.2 Å². The van der Waals surface area contributed by atoms with Gasteiger partial charge < -0.3 is 14.0 Å². The van der Waals surface area contributed by atoms with Crippen LogP contribution in [0.1, 0.15) is 17.3 Å². The van der Waals surface area contributed by atoms with Gasteiger partial charge in [-0.25, -0.2) is 4.79 Å². The van der Waals surface area contributed by atoms with Gasteiger partial charge in [-0.2, -0.15) is 8.42 Å². The Bertz CT molecular complexity index is 1160. The Morgan fingerprint density at radius 3 is 2.44 bits per heavy atom. The highest BCUT2D eigenvalue weighted by Gasteiger charge is 2.15. The molecular formula is C18H18N2O5S2. The zero-order chi connectivity index (χ0) is 19.6. The molecular weight excluding hydrogens is 388 g/mol. The molecule has 0 saturated heterocycles. The van der Waals surface area contributed by atoms with Crippen molar-refractivity contribution < 1.29 is 22.7 Å². The van der Waals surface area contributed by atoms with E-state index in [0.29, 0.717) is 22.7 Å². The minimum absolute atomic E-state index is 0.0821. The summed E-state index contributed by atoms with van der Waals surface area (Å²) in [6.45, 7) is 2.44. The van der Waals surface area contributed by atoms with Gasteiger partial charge >= 0.3 is 5.97 Å². The van der Waals surface area contributed by atoms with E-state index in [1.807, 2.05) is 6.92 Å². The molecule has 0 N–H and O–H groups in total. The molecule has 3 aromatic rings. The third kappa shape index (κ3) is 3.74. The SMILES string of the molecule is CCn1/c(=N/S(=O)(=O)c2ccc(OC)cc2)sc2cc(C(=O)OC)ccc21. The molecule has 0 bridgehead atoms. The molecule has 1 heterocycles. The van der Waals surface area contributed by atoms with Crippen LogP contribution < -0.4 is 9.54 Å². The molecule has 0 radical (unpaired) electrons. The van der Waals surface area contributed by atoms with E-state index in [-0.39, 0.29) is 4.90 Å². The summed E-state index contributed by atoms with van der Waals surface area (Å²) in [6, 6.07) is 11.1. The van der Waals surface area contributed by atoms with Gasteiger partial charge in [0.1, 0.15) is 5.75 Å². The molecule has 0 atom stereocenters. The van der Waals surface area contributed by atoms with Gasteiger partial charge in [0.25, 0.3) is 10.0 Å². The largest absolute Gasteiger partial charge is 0.497 e. The van der Waals surface area contributed by atoms with Crippen molar-refractivity contribution >= 4 is 37.5 Å². The highest BCUT2D eigenvalue weighted by molar-refractivity contribution is 7.90. The maximum atomic E-state index is 12.7. The van der Waals surface area contributed by atoms with E-state index < -0.39 is 16.0 Å². The standard InChI is InChI=1S/C18H18N2O5S2/c1-4-20-15-10-5-12(17(21)25-3)11-16(15)26-18(20)19-27(22,23)14-8-6-13(24-2)7-9-14/h5-11H,4H2,1-3H3/b19-18-. The highest BCUT2D eigenvalue weighted by atomic mass is 32.2. The summed E-state index contributed by atoms with van der Waals surface area (Å²) in [7, 11) is -1.06. The third-order valence-electron chi connectivity index (χ3n) is 3.98. The van der Waals surface area contributed by atoms with Crippen LogP contribution in [0.2, 0.25) is 0 Å². The predicted molar refractivity (Wildman–Crippen MR) is 103 cm³/mol. The van der Waals surface area contributed by atoms with Gasteiger partial charge in [0.2, 0.25) is 4.80 Å². The Balaban J connectivity index is 2.15. The molecule has 0 fully saturated rings. The summed E-state index contributed by atoms with van der Waals surface area (Å²) in [4.78, 5) is 12.2. The fourth-order valence-electron chi connectivity index (χ4n) is 2.60. The topological polar surface area (TPSA) is 87.0 Å². The summed E-state index contributed by atoms with van der Waals surface area (Å²) in [5, 5.41) is 0. The second-order valence-electron chi connectivity index (χ2n) is 5.54. The number of nitrogens with zero attached hydrogens (tertiary/aromatic N) is 2. The lowest BCUT2D eigenvalue weighted by atomic mass is 10.2. The average molecular weight is 406 g/mol. The summed E-state index contributed by atoms with van der Waals surface area (Å²) in [5.74, 6) is 0.118. The minimum Gasteiger partial charge on any atom is -0.497 e. The smallest absolute Gasteiger partial charge is 0.337 e. The zero-order valence-corrected chi connectivity index (χ0v) is 16.6. The number of rotatable bonds is 5. The Kier molecular flexibility index (Phi) is 5.33. The summed E-state index contributed by atoms with van der Waals surface area (Å²) in [5.41, 5.74) is 1.21. The minimum atomic E-state index is -3.88. The maximum Gasteiger partial charge on any atom is 0.337 e. The summed E-state index contributed by atoms with van der Waals surface area (Å²) < 4.78 is 41.7. The first-order chi connectivity index (χ1) is 12.9. The number of fused-ring (bicyclic) bond motifs is 1. The fourth-order valence-corrected chi connectivity index (χ4v) is 4.93. The van der Waals surface area contributed by atoms with Crippen molar-refractivity contribution in [2.45, 2.75) is 18.4 Å². The quantitative estimate of drug-likeness (QED) is 0.608. The van der Waals surface area contributed by atoms with Crippen molar-refractivity contribution in [2.24, 2.45) is 4.40 Å². The molecule has 1 aromatic heterocycles. The van der Waals surface area contributed by atoms with Gasteiger partial charge in [-0.3, -0.25) is 0 Å². The molecule has 0 unspecified atom stereocenters. The number of carbonyl (C=O) groups is 1. The number of hydrogen-bond acceptors (Lipinski definition) is 6. The van der Waals surface area contributed by atoms with Crippen LogP contribution in [0.4, 0.5) is 0 Å². The molecule has 0 aliphatic carbocycles. The van der Waals surface area contributed by atoms with Crippen LogP contribution in [0.5, 0.6) is 5.75 Å². The maximum absolute atomic E-state index is 12.7. The second kappa shape index (κ2) is 7.53. The predicted octanol–water partition coefficient (Wildman–Crippen LogP) is 2.81. The van der Waals surface area contributed by atoms with Crippen LogP contribution in [0, 0.1) is 0 Å². The molecule has 9 heteroatoms. The number of carbonyl (C=O) groups excluding carboxylic acids is 1. The van der Waals surface area contributed by atoms with E-state index in [0.717, 1.165) is 10.2 Å². The van der Waals surface area contributed by atoms with Gasteiger partial charge in [-0.1, -0.05) is 11.3 Å². The number of aromatic nitrogens is 1. The first kappa shape index (κ1) is 19.1. The molecule has 3 rings (SSSR count). The Hall–Kier alpha value is -2.65. The van der Waals surface area contributed by atoms with Gasteiger partial charge in [0, 0.05) is 6.54 Å². The van der Waals surface area contributed by atoms with Gasteiger partial charge in [-0.05, 0) is 49.4 Å². The Morgan fingerprint density at radius 2 is 1.85 bits per heavy atom. The monoisotopic (exact) mass is 406 g/mol. The molecule has 27 heavy (non-hydrogen) atoms. The molecule has 0 spiro atoms. The van der Waals surface area contributed by atoms with E-state index in [1.165, 1.54) is 37.7 Å². The molecule has 0 aliphatic heterocycles.